The van der Waals surface area contributed by atoms with Gasteiger partial charge in [0, 0.05) is 13.7 Å². The third-order valence-corrected chi connectivity index (χ3v) is 2.24. The second kappa shape index (κ2) is 8.10. The Balaban J connectivity index is 0. The quantitative estimate of drug-likeness (QED) is 0.360. The molecule has 0 saturated carbocycles. The summed E-state index contributed by atoms with van der Waals surface area (Å²) in [5, 5.41) is 15.5. The van der Waals surface area contributed by atoms with Gasteiger partial charge >= 0.3 is 11.8 Å². The van der Waals surface area contributed by atoms with E-state index >= 15 is 0 Å². The molecule has 0 radical (unpaired) electrons. The molecule has 0 rings (SSSR count). The molecule has 1 atom stereocenters. The summed E-state index contributed by atoms with van der Waals surface area (Å²) >= 11 is 15.1. The molecular formula is C4H10Cl3O6P. The topological polar surface area (TPSA) is 85.2 Å². The Morgan fingerprint density at radius 2 is 1.79 bits per heavy atom. The normalized spacial score (nSPS) is 15.4. The van der Waals surface area contributed by atoms with Crippen molar-refractivity contribution in [3.8, 4) is 0 Å². The largest absolute Gasteiger partial charge is 0.505 e. The van der Waals surface area contributed by atoms with E-state index in [0.717, 1.165) is 7.11 Å². The van der Waals surface area contributed by atoms with Crippen LogP contribution in [0.1, 0.15) is 6.92 Å². The third kappa shape index (κ3) is 11.0. The van der Waals surface area contributed by atoms with Gasteiger partial charge in [-0.05, 0) is 6.92 Å². The van der Waals surface area contributed by atoms with Gasteiger partial charge in [0.2, 0.25) is 0 Å². The minimum atomic E-state index is -4.14. The molecule has 0 bridgehead atoms. The molecule has 14 heavy (non-hydrogen) atoms. The van der Waals surface area contributed by atoms with Crippen molar-refractivity contribution in [3.63, 3.8) is 0 Å². The van der Waals surface area contributed by atoms with Crippen molar-refractivity contribution >= 4 is 42.6 Å². The standard InChI is InChI=1S/C2H4Cl3O5P.C2H6O/c1-8-11(7,10-6)9-2(3,4)5;1-2-3/h6H,1H3;3H,2H2,1H3. The first-order chi connectivity index (χ1) is 6.24. The van der Waals surface area contributed by atoms with Gasteiger partial charge in [-0.3, -0.25) is 4.52 Å². The summed E-state index contributed by atoms with van der Waals surface area (Å²) < 4.78 is 20.0. The Bertz CT molecular complexity index is 174. The highest BCUT2D eigenvalue weighted by molar-refractivity contribution is 7.48. The molecule has 0 aromatic heterocycles. The van der Waals surface area contributed by atoms with Crippen LogP contribution in [-0.2, 0) is 18.3 Å². The average Bonchev–Trinajstić information content (AvgIpc) is 2.03. The van der Waals surface area contributed by atoms with Crippen LogP contribution in [0.4, 0.5) is 0 Å². The molecule has 0 fully saturated rings. The first kappa shape index (κ1) is 17.3. The third-order valence-electron chi connectivity index (χ3n) is 0.539. The Labute approximate surface area is 96.2 Å². The number of alkyl halides is 3. The van der Waals surface area contributed by atoms with Crippen molar-refractivity contribution in [2.45, 2.75) is 10.9 Å². The lowest BCUT2D eigenvalue weighted by Gasteiger charge is -2.16. The monoisotopic (exact) mass is 290 g/mol. The predicted octanol–water partition coefficient (Wildman–Crippen LogP) is 2.57. The second-order valence-corrected chi connectivity index (χ2v) is 5.35. The Kier molecular flexibility index (Phi) is 10.0. The molecule has 6 nitrogen and oxygen atoms in total. The van der Waals surface area contributed by atoms with E-state index in [2.05, 4.69) is 13.7 Å². The maximum atomic E-state index is 10.8. The number of phosphoric ester groups is 1. The Hall–Kier alpha value is 0.900. The molecule has 0 amide bonds. The van der Waals surface area contributed by atoms with Crippen LogP contribution in [0, 0.1) is 0 Å². The lowest BCUT2D eigenvalue weighted by molar-refractivity contribution is -0.165. The van der Waals surface area contributed by atoms with Crippen molar-refractivity contribution in [1.29, 1.82) is 0 Å². The first-order valence-electron chi connectivity index (χ1n) is 3.12. The maximum absolute atomic E-state index is 10.8. The fraction of sp³-hybridized carbons (Fsp3) is 1.00. The first-order valence-corrected chi connectivity index (χ1v) is 5.71. The van der Waals surface area contributed by atoms with Gasteiger partial charge in [-0.2, -0.15) is 0 Å². The molecule has 0 aliphatic rings. The van der Waals surface area contributed by atoms with Crippen LogP contribution in [0.2, 0.25) is 0 Å². The van der Waals surface area contributed by atoms with Crippen LogP contribution in [0.25, 0.3) is 0 Å². The summed E-state index contributed by atoms with van der Waals surface area (Å²) in [6, 6.07) is 0. The number of aliphatic hydroxyl groups is 1. The zero-order valence-corrected chi connectivity index (χ0v) is 10.5. The van der Waals surface area contributed by atoms with E-state index in [1.165, 1.54) is 0 Å². The summed E-state index contributed by atoms with van der Waals surface area (Å²) in [5.41, 5.74) is 0. The molecule has 0 heterocycles. The van der Waals surface area contributed by atoms with Crippen LogP contribution in [-0.4, -0.2) is 28.1 Å². The molecule has 2 N–H and O–H groups in total. The maximum Gasteiger partial charge on any atom is 0.505 e. The number of hydrogen-bond donors (Lipinski definition) is 2. The summed E-state index contributed by atoms with van der Waals surface area (Å²) in [5.74, 6) is 0. The van der Waals surface area contributed by atoms with E-state index in [0.29, 0.717) is 0 Å². The van der Waals surface area contributed by atoms with Crippen molar-refractivity contribution in [2.75, 3.05) is 13.7 Å². The lowest BCUT2D eigenvalue weighted by Crippen LogP contribution is -2.08. The summed E-state index contributed by atoms with van der Waals surface area (Å²) in [7, 11) is -3.19. The SMILES string of the molecule is CCO.COP(=O)(OO)OC(Cl)(Cl)Cl. The lowest BCUT2D eigenvalue weighted by atomic mass is 10.9. The van der Waals surface area contributed by atoms with E-state index in [1.807, 2.05) is 0 Å². The minimum absolute atomic E-state index is 0.250. The van der Waals surface area contributed by atoms with Gasteiger partial charge in [0.05, 0.1) is 0 Å². The molecule has 0 aromatic carbocycles. The van der Waals surface area contributed by atoms with Crippen LogP contribution in [0.15, 0.2) is 0 Å². The van der Waals surface area contributed by atoms with Crippen molar-refractivity contribution < 1.29 is 28.7 Å². The van der Waals surface area contributed by atoms with E-state index in [1.54, 1.807) is 6.92 Å². The van der Waals surface area contributed by atoms with Crippen LogP contribution < -0.4 is 0 Å². The molecule has 88 valence electrons. The Morgan fingerprint density at radius 1 is 1.43 bits per heavy atom. The second-order valence-electron chi connectivity index (χ2n) is 1.56. The minimum Gasteiger partial charge on any atom is -0.397 e. The van der Waals surface area contributed by atoms with Gasteiger partial charge in [-0.1, -0.05) is 34.8 Å². The molecule has 0 saturated heterocycles. The molecule has 0 aliphatic carbocycles. The number of phosphoric acid groups is 1. The molecular weight excluding hydrogens is 281 g/mol. The molecule has 1 unspecified atom stereocenters. The number of halogens is 3. The number of rotatable bonds is 3. The van der Waals surface area contributed by atoms with Crippen LogP contribution in [0.3, 0.4) is 0 Å². The molecule has 0 spiro atoms. The average molecular weight is 291 g/mol. The van der Waals surface area contributed by atoms with Gasteiger partial charge < -0.3 is 5.11 Å². The number of hydrogen-bond acceptors (Lipinski definition) is 6. The van der Waals surface area contributed by atoms with E-state index in [-0.39, 0.29) is 6.61 Å². The van der Waals surface area contributed by atoms with E-state index < -0.39 is 11.8 Å². The van der Waals surface area contributed by atoms with Gasteiger partial charge in [0.15, 0.2) is 0 Å². The van der Waals surface area contributed by atoms with E-state index in [4.69, 9.17) is 45.2 Å². The molecule has 10 heteroatoms. The highest BCUT2D eigenvalue weighted by atomic mass is 35.6. The zero-order chi connectivity index (χ0) is 11.8. The number of aliphatic hydroxyl groups excluding tert-OH is 1. The van der Waals surface area contributed by atoms with Crippen molar-refractivity contribution in [2.24, 2.45) is 0 Å². The summed E-state index contributed by atoms with van der Waals surface area (Å²) in [4.78, 5) is 0. The fourth-order valence-corrected chi connectivity index (χ4v) is 1.40. The molecule has 0 aromatic rings. The van der Waals surface area contributed by atoms with Crippen LogP contribution >= 0.6 is 42.6 Å². The van der Waals surface area contributed by atoms with E-state index in [9.17, 15) is 4.57 Å². The molecule has 0 aliphatic heterocycles. The van der Waals surface area contributed by atoms with Crippen molar-refractivity contribution in [1.82, 2.24) is 0 Å². The zero-order valence-electron chi connectivity index (χ0n) is 7.32. The summed E-state index contributed by atoms with van der Waals surface area (Å²) in [6.07, 6.45) is 0. The highest BCUT2D eigenvalue weighted by Gasteiger charge is 2.37. The fourth-order valence-electron chi connectivity index (χ4n) is 0.214. The Morgan fingerprint density at radius 3 is 1.86 bits per heavy atom. The van der Waals surface area contributed by atoms with Crippen LogP contribution in [0.5, 0.6) is 0 Å². The van der Waals surface area contributed by atoms with Gasteiger partial charge in [-0.25, -0.2) is 14.3 Å². The smallest absolute Gasteiger partial charge is 0.397 e. The van der Waals surface area contributed by atoms with Gasteiger partial charge in [0.1, 0.15) is 0 Å². The van der Waals surface area contributed by atoms with Crippen molar-refractivity contribution in [3.05, 3.63) is 0 Å². The summed E-state index contributed by atoms with van der Waals surface area (Å²) in [6.45, 7) is 1.93. The van der Waals surface area contributed by atoms with Gasteiger partial charge in [0.25, 0.3) is 0 Å². The predicted molar refractivity (Wildman–Crippen MR) is 52.5 cm³/mol. The van der Waals surface area contributed by atoms with Gasteiger partial charge in [-0.15, -0.1) is 4.67 Å². The highest BCUT2D eigenvalue weighted by Crippen LogP contribution is 2.54.